The molecule has 1 atom stereocenters. The zero-order valence-electron chi connectivity index (χ0n) is 11.9. The highest BCUT2D eigenvalue weighted by Gasteiger charge is 2.34. The van der Waals surface area contributed by atoms with Crippen LogP contribution in [-0.4, -0.2) is 33.0 Å². The molecule has 0 spiro atoms. The Bertz CT molecular complexity index is 784. The van der Waals surface area contributed by atoms with Gasteiger partial charge in [-0.25, -0.2) is 9.48 Å². The fraction of sp³-hybridized carbons (Fsp3) is 0.214. The molecular weight excluding hydrogens is 399 g/mol. The Hall–Kier alpha value is -2.10. The first-order valence-corrected chi connectivity index (χ1v) is 7.55. The maximum absolute atomic E-state index is 12.2. The number of carbonyl (C=O) groups excluding carboxylic acids is 1. The molecule has 7 nitrogen and oxygen atoms in total. The number of nitrogens with one attached hydrogen (secondary N) is 1. The molecule has 114 valence electrons. The predicted molar refractivity (Wildman–Crippen MR) is 87.3 cm³/mol. The van der Waals surface area contributed by atoms with E-state index in [1.807, 2.05) is 28.7 Å². The number of allylic oxidation sites excluding steroid dienone is 1. The van der Waals surface area contributed by atoms with Crippen molar-refractivity contribution in [3.8, 4) is 5.75 Å². The summed E-state index contributed by atoms with van der Waals surface area (Å²) in [5.74, 6) is 0.315. The summed E-state index contributed by atoms with van der Waals surface area (Å²) in [5, 5.41) is 17.0. The Morgan fingerprint density at radius 1 is 1.50 bits per heavy atom. The van der Waals surface area contributed by atoms with E-state index in [1.165, 1.54) is 13.4 Å². The monoisotopic (exact) mass is 412 g/mol. The molecule has 0 amide bonds. The standard InChI is InChI=1S/C14H13IN4O3/c1-7-11(13(21)22-2)12(19-14(18-7)16-6-17-19)8-3-4-10(20)9(15)5-8/h3-6,12,20H,1-2H3,(H,16,17,18). The van der Waals surface area contributed by atoms with Gasteiger partial charge in [0.25, 0.3) is 0 Å². The SMILES string of the molecule is COC(=O)C1=C(C)Nc2ncnn2C1c1ccc(O)c(I)c1. The summed E-state index contributed by atoms with van der Waals surface area (Å²) >= 11 is 2.04. The number of anilines is 1. The number of hydrogen-bond acceptors (Lipinski definition) is 6. The minimum atomic E-state index is -0.458. The molecule has 0 saturated carbocycles. The normalized spacial score (nSPS) is 17.0. The van der Waals surface area contributed by atoms with Crippen LogP contribution in [0.4, 0.5) is 5.95 Å². The van der Waals surface area contributed by atoms with Gasteiger partial charge in [-0.2, -0.15) is 10.1 Å². The van der Waals surface area contributed by atoms with Crippen LogP contribution in [0, 0.1) is 3.57 Å². The van der Waals surface area contributed by atoms with Crippen LogP contribution in [0.1, 0.15) is 18.5 Å². The van der Waals surface area contributed by atoms with E-state index in [1.54, 1.807) is 23.7 Å². The first kappa shape index (κ1) is 14.8. The largest absolute Gasteiger partial charge is 0.507 e. The molecular formula is C14H13IN4O3. The average Bonchev–Trinajstić information content (AvgIpc) is 2.95. The number of benzene rings is 1. The topological polar surface area (TPSA) is 89.3 Å². The number of phenols is 1. The molecule has 22 heavy (non-hydrogen) atoms. The lowest BCUT2D eigenvalue weighted by Gasteiger charge is -2.28. The number of rotatable bonds is 2. The number of methoxy groups -OCH3 is 1. The molecule has 0 bridgehead atoms. The van der Waals surface area contributed by atoms with Gasteiger partial charge in [-0.05, 0) is 47.2 Å². The molecule has 2 heterocycles. The summed E-state index contributed by atoms with van der Waals surface area (Å²) in [6.07, 6.45) is 1.42. The van der Waals surface area contributed by atoms with Gasteiger partial charge in [0.05, 0.1) is 16.3 Å². The second kappa shape index (κ2) is 5.59. The number of nitrogens with zero attached hydrogens (tertiary/aromatic N) is 3. The van der Waals surface area contributed by atoms with Crippen molar-refractivity contribution >= 4 is 34.5 Å². The van der Waals surface area contributed by atoms with E-state index >= 15 is 0 Å². The van der Waals surface area contributed by atoms with Crippen molar-refractivity contribution in [2.24, 2.45) is 0 Å². The van der Waals surface area contributed by atoms with E-state index in [-0.39, 0.29) is 5.75 Å². The summed E-state index contributed by atoms with van der Waals surface area (Å²) in [6, 6.07) is 4.71. The molecule has 1 aromatic heterocycles. The number of halogens is 1. The van der Waals surface area contributed by atoms with E-state index in [0.717, 1.165) is 5.56 Å². The number of aromatic nitrogens is 3. The molecule has 0 radical (unpaired) electrons. The number of esters is 1. The van der Waals surface area contributed by atoms with Crippen LogP contribution < -0.4 is 5.32 Å². The van der Waals surface area contributed by atoms with Gasteiger partial charge in [0.15, 0.2) is 0 Å². The molecule has 0 fully saturated rings. The number of carbonyl (C=O) groups is 1. The predicted octanol–water partition coefficient (Wildman–Crippen LogP) is 2.05. The minimum Gasteiger partial charge on any atom is -0.507 e. The van der Waals surface area contributed by atoms with E-state index in [2.05, 4.69) is 15.4 Å². The fourth-order valence-electron chi connectivity index (χ4n) is 2.47. The van der Waals surface area contributed by atoms with Crippen LogP contribution in [0.5, 0.6) is 5.75 Å². The van der Waals surface area contributed by atoms with Crippen molar-refractivity contribution < 1.29 is 14.6 Å². The summed E-state index contributed by atoms with van der Waals surface area (Å²) in [5.41, 5.74) is 1.94. The molecule has 8 heteroatoms. The van der Waals surface area contributed by atoms with Gasteiger partial charge in [-0.1, -0.05) is 6.07 Å². The van der Waals surface area contributed by atoms with Gasteiger partial charge in [0.1, 0.15) is 18.1 Å². The van der Waals surface area contributed by atoms with E-state index in [9.17, 15) is 9.90 Å². The van der Waals surface area contributed by atoms with Crippen LogP contribution in [0.2, 0.25) is 0 Å². The highest BCUT2D eigenvalue weighted by atomic mass is 127. The first-order chi connectivity index (χ1) is 10.5. The summed E-state index contributed by atoms with van der Waals surface area (Å²) in [4.78, 5) is 16.4. The second-order valence-corrected chi connectivity index (χ2v) is 5.96. The fourth-order valence-corrected chi connectivity index (χ4v) is 3.01. The summed E-state index contributed by atoms with van der Waals surface area (Å²) in [7, 11) is 1.34. The number of ether oxygens (including phenoxy) is 1. The lowest BCUT2D eigenvalue weighted by atomic mass is 9.96. The van der Waals surface area contributed by atoms with Crippen molar-refractivity contribution in [3.05, 3.63) is 44.9 Å². The average molecular weight is 412 g/mol. The van der Waals surface area contributed by atoms with Crippen molar-refractivity contribution in [1.29, 1.82) is 0 Å². The highest BCUT2D eigenvalue weighted by molar-refractivity contribution is 14.1. The number of phenolic OH excluding ortho intramolecular Hbond substituents is 1. The Morgan fingerprint density at radius 3 is 2.95 bits per heavy atom. The molecule has 1 aliphatic rings. The summed E-state index contributed by atoms with van der Waals surface area (Å²) < 4.78 is 7.23. The zero-order chi connectivity index (χ0) is 15.9. The van der Waals surface area contributed by atoms with E-state index in [0.29, 0.717) is 20.8 Å². The first-order valence-electron chi connectivity index (χ1n) is 6.47. The molecule has 0 saturated heterocycles. The molecule has 2 N–H and O–H groups in total. The summed E-state index contributed by atoms with van der Waals surface area (Å²) in [6.45, 7) is 1.79. The lowest BCUT2D eigenvalue weighted by molar-refractivity contribution is -0.136. The molecule has 0 aliphatic carbocycles. The third-order valence-corrected chi connectivity index (χ3v) is 4.35. The number of aromatic hydroxyl groups is 1. The molecule has 3 rings (SSSR count). The van der Waals surface area contributed by atoms with Gasteiger partial charge in [-0.3, -0.25) is 0 Å². The third kappa shape index (κ3) is 2.32. The second-order valence-electron chi connectivity index (χ2n) is 4.80. The van der Waals surface area contributed by atoms with Crippen molar-refractivity contribution in [3.63, 3.8) is 0 Å². The van der Waals surface area contributed by atoms with E-state index in [4.69, 9.17) is 4.74 Å². The van der Waals surface area contributed by atoms with Crippen LogP contribution in [0.3, 0.4) is 0 Å². The maximum Gasteiger partial charge on any atom is 0.338 e. The van der Waals surface area contributed by atoms with Crippen molar-refractivity contribution in [1.82, 2.24) is 14.8 Å². The van der Waals surface area contributed by atoms with Gasteiger partial charge in [0.2, 0.25) is 5.95 Å². The number of hydrogen-bond donors (Lipinski definition) is 2. The quantitative estimate of drug-likeness (QED) is 0.580. The van der Waals surface area contributed by atoms with Gasteiger partial charge in [-0.15, -0.1) is 0 Å². The molecule has 1 unspecified atom stereocenters. The van der Waals surface area contributed by atoms with Crippen LogP contribution in [0.15, 0.2) is 35.8 Å². The molecule has 1 aromatic carbocycles. The highest BCUT2D eigenvalue weighted by Crippen LogP contribution is 2.36. The molecule has 2 aromatic rings. The van der Waals surface area contributed by atoms with Gasteiger partial charge < -0.3 is 15.2 Å². The molecule has 1 aliphatic heterocycles. The smallest absolute Gasteiger partial charge is 0.338 e. The van der Waals surface area contributed by atoms with Crippen LogP contribution >= 0.6 is 22.6 Å². The van der Waals surface area contributed by atoms with Crippen LogP contribution in [-0.2, 0) is 9.53 Å². The van der Waals surface area contributed by atoms with Crippen LogP contribution in [0.25, 0.3) is 0 Å². The maximum atomic E-state index is 12.2. The van der Waals surface area contributed by atoms with Gasteiger partial charge in [0, 0.05) is 5.70 Å². The van der Waals surface area contributed by atoms with E-state index < -0.39 is 12.0 Å². The lowest BCUT2D eigenvalue weighted by Crippen LogP contribution is -2.29. The Balaban J connectivity index is 2.20. The van der Waals surface area contributed by atoms with Gasteiger partial charge >= 0.3 is 5.97 Å². The Labute approximate surface area is 140 Å². The third-order valence-electron chi connectivity index (χ3n) is 3.49. The Kier molecular flexibility index (Phi) is 3.77. The van der Waals surface area contributed by atoms with Crippen molar-refractivity contribution in [2.45, 2.75) is 13.0 Å². The minimum absolute atomic E-state index is 0.192. The number of fused-ring (bicyclic) bond motifs is 1. The zero-order valence-corrected chi connectivity index (χ0v) is 14.0. The van der Waals surface area contributed by atoms with Crippen molar-refractivity contribution in [2.75, 3.05) is 12.4 Å². The Morgan fingerprint density at radius 2 is 2.27 bits per heavy atom.